The van der Waals surface area contributed by atoms with Gasteiger partial charge in [-0.15, -0.1) is 0 Å². The van der Waals surface area contributed by atoms with Crippen molar-refractivity contribution in [3.8, 4) is 0 Å². The van der Waals surface area contributed by atoms with Crippen LogP contribution in [0, 0.1) is 5.82 Å². The van der Waals surface area contributed by atoms with Crippen LogP contribution in [-0.4, -0.2) is 23.7 Å². The summed E-state index contributed by atoms with van der Waals surface area (Å²) in [7, 11) is 1.81. The monoisotopic (exact) mass is 325 g/mol. The van der Waals surface area contributed by atoms with Gasteiger partial charge in [-0.3, -0.25) is 9.36 Å². The molecular formula is C17H16FN5O. The van der Waals surface area contributed by atoms with E-state index >= 15 is 0 Å². The lowest BCUT2D eigenvalue weighted by atomic mass is 10.2. The average molecular weight is 325 g/mol. The fourth-order valence-electron chi connectivity index (χ4n) is 3.09. The summed E-state index contributed by atoms with van der Waals surface area (Å²) in [6.07, 6.45) is 7.71. The predicted molar refractivity (Wildman–Crippen MR) is 89.3 cm³/mol. The maximum absolute atomic E-state index is 13.5. The maximum atomic E-state index is 13.5. The number of hydrogen-bond acceptors (Lipinski definition) is 3. The van der Waals surface area contributed by atoms with Crippen LogP contribution in [0.3, 0.4) is 0 Å². The zero-order valence-corrected chi connectivity index (χ0v) is 13.2. The van der Waals surface area contributed by atoms with Crippen LogP contribution in [0.15, 0.2) is 48.0 Å². The highest BCUT2D eigenvalue weighted by molar-refractivity contribution is 6.05. The van der Waals surface area contributed by atoms with Gasteiger partial charge in [0.2, 0.25) is 0 Å². The number of halogens is 1. The highest BCUT2D eigenvalue weighted by atomic mass is 19.1. The minimum absolute atomic E-state index is 0.107. The molecule has 3 heterocycles. The second-order valence-electron chi connectivity index (χ2n) is 5.81. The fourth-order valence-corrected chi connectivity index (χ4v) is 3.09. The first-order valence-electron chi connectivity index (χ1n) is 7.74. The van der Waals surface area contributed by atoms with E-state index in [1.807, 2.05) is 17.8 Å². The van der Waals surface area contributed by atoms with Gasteiger partial charge in [0.05, 0.1) is 18.2 Å². The van der Waals surface area contributed by atoms with Crippen LogP contribution in [0.4, 0.5) is 4.39 Å². The summed E-state index contributed by atoms with van der Waals surface area (Å²) in [6.45, 7) is 1.35. The van der Waals surface area contributed by atoms with Crippen molar-refractivity contribution in [2.75, 3.05) is 0 Å². The number of rotatable bonds is 4. The van der Waals surface area contributed by atoms with E-state index in [4.69, 9.17) is 0 Å². The number of aromatic nitrogens is 5. The van der Waals surface area contributed by atoms with Crippen LogP contribution < -0.4 is 5.56 Å². The van der Waals surface area contributed by atoms with Gasteiger partial charge in [-0.2, -0.15) is 0 Å². The van der Waals surface area contributed by atoms with Crippen molar-refractivity contribution in [2.24, 2.45) is 7.05 Å². The first-order valence-corrected chi connectivity index (χ1v) is 7.74. The molecule has 0 aliphatic carbocycles. The molecular weight excluding hydrogens is 309 g/mol. The molecule has 24 heavy (non-hydrogen) atoms. The third-order valence-corrected chi connectivity index (χ3v) is 4.30. The molecule has 0 saturated heterocycles. The van der Waals surface area contributed by atoms with Crippen LogP contribution >= 0.6 is 0 Å². The summed E-state index contributed by atoms with van der Waals surface area (Å²) in [5.41, 5.74) is 1.74. The SMILES string of the molecule is Cn1c2ccc(F)cc2c2ncn(CCCn3ccnc3)c(=O)c21. The Morgan fingerprint density at radius 2 is 2.08 bits per heavy atom. The molecule has 0 radical (unpaired) electrons. The Morgan fingerprint density at radius 1 is 1.21 bits per heavy atom. The normalized spacial score (nSPS) is 11.6. The van der Waals surface area contributed by atoms with E-state index in [0.717, 1.165) is 18.5 Å². The number of imidazole rings is 1. The molecule has 0 fully saturated rings. The highest BCUT2D eigenvalue weighted by Crippen LogP contribution is 2.24. The number of hydrogen-bond donors (Lipinski definition) is 0. The summed E-state index contributed by atoms with van der Waals surface area (Å²) in [6, 6.07) is 4.49. The van der Waals surface area contributed by atoms with E-state index in [-0.39, 0.29) is 11.4 Å². The largest absolute Gasteiger partial charge is 0.338 e. The van der Waals surface area contributed by atoms with Crippen molar-refractivity contribution in [2.45, 2.75) is 19.5 Å². The van der Waals surface area contributed by atoms with Gasteiger partial charge in [-0.1, -0.05) is 0 Å². The predicted octanol–water partition coefficient (Wildman–Crippen LogP) is 2.31. The topological polar surface area (TPSA) is 57.6 Å². The van der Waals surface area contributed by atoms with Crippen molar-refractivity contribution in [1.29, 1.82) is 0 Å². The molecule has 0 aliphatic heterocycles. The quantitative estimate of drug-likeness (QED) is 0.578. The first-order chi connectivity index (χ1) is 11.6. The summed E-state index contributed by atoms with van der Waals surface area (Å²) in [5.74, 6) is -0.332. The molecule has 0 saturated carbocycles. The van der Waals surface area contributed by atoms with Gasteiger partial charge in [0.1, 0.15) is 16.9 Å². The molecule has 4 aromatic rings. The van der Waals surface area contributed by atoms with Crippen LogP contribution in [0.1, 0.15) is 6.42 Å². The molecule has 3 aromatic heterocycles. The molecule has 1 aromatic carbocycles. The second kappa shape index (κ2) is 5.59. The van der Waals surface area contributed by atoms with Crippen LogP contribution in [0.2, 0.25) is 0 Å². The third-order valence-electron chi connectivity index (χ3n) is 4.30. The molecule has 0 spiro atoms. The van der Waals surface area contributed by atoms with Crippen molar-refractivity contribution >= 4 is 21.9 Å². The Labute approximate surface area is 136 Å². The van der Waals surface area contributed by atoms with Gasteiger partial charge in [-0.05, 0) is 24.6 Å². The van der Waals surface area contributed by atoms with Crippen molar-refractivity contribution in [1.82, 2.24) is 23.7 Å². The lowest BCUT2D eigenvalue weighted by Crippen LogP contribution is -2.22. The summed E-state index contributed by atoms with van der Waals surface area (Å²) in [4.78, 5) is 21.2. The molecule has 4 rings (SSSR count). The maximum Gasteiger partial charge on any atom is 0.277 e. The average Bonchev–Trinajstić information content (AvgIpc) is 3.17. The molecule has 0 aliphatic rings. The molecule has 7 heteroatoms. The Morgan fingerprint density at radius 3 is 2.88 bits per heavy atom. The fraction of sp³-hybridized carbons (Fsp3) is 0.235. The standard InChI is InChI=1S/C17H16FN5O/c1-21-14-4-3-12(18)9-13(14)15-16(21)17(24)23(11-20-15)7-2-6-22-8-5-19-10-22/h3-5,8-11H,2,6-7H2,1H3. The third kappa shape index (κ3) is 2.29. The van der Waals surface area contributed by atoms with Gasteiger partial charge >= 0.3 is 0 Å². The van der Waals surface area contributed by atoms with Gasteiger partial charge in [0.15, 0.2) is 0 Å². The lowest BCUT2D eigenvalue weighted by Gasteiger charge is -2.06. The van der Waals surface area contributed by atoms with E-state index < -0.39 is 0 Å². The Kier molecular flexibility index (Phi) is 3.41. The summed E-state index contributed by atoms with van der Waals surface area (Å²) in [5, 5.41) is 0.662. The zero-order chi connectivity index (χ0) is 16.7. The Bertz CT molecular complexity index is 1080. The lowest BCUT2D eigenvalue weighted by molar-refractivity contribution is 0.549. The minimum atomic E-state index is -0.332. The molecule has 122 valence electrons. The van der Waals surface area contributed by atoms with E-state index in [0.29, 0.717) is 23.0 Å². The molecule has 0 bridgehead atoms. The van der Waals surface area contributed by atoms with Gasteiger partial charge in [-0.25, -0.2) is 14.4 Å². The van der Waals surface area contributed by atoms with Crippen LogP contribution in [0.5, 0.6) is 0 Å². The first kappa shape index (κ1) is 14.6. The Balaban J connectivity index is 1.73. The number of nitrogens with zero attached hydrogens (tertiary/aromatic N) is 5. The highest BCUT2D eigenvalue weighted by Gasteiger charge is 2.14. The van der Waals surface area contributed by atoms with E-state index in [1.165, 1.54) is 12.1 Å². The summed E-state index contributed by atoms with van der Waals surface area (Å²) < 4.78 is 18.9. The molecule has 0 unspecified atom stereocenters. The van der Waals surface area contributed by atoms with E-state index in [9.17, 15) is 9.18 Å². The van der Waals surface area contributed by atoms with Crippen LogP contribution in [0.25, 0.3) is 21.9 Å². The second-order valence-corrected chi connectivity index (χ2v) is 5.81. The smallest absolute Gasteiger partial charge is 0.277 e. The molecule has 0 N–H and O–H groups in total. The van der Waals surface area contributed by atoms with Crippen molar-refractivity contribution < 1.29 is 4.39 Å². The molecule has 0 amide bonds. The van der Waals surface area contributed by atoms with Crippen molar-refractivity contribution in [3.63, 3.8) is 0 Å². The number of aryl methyl sites for hydroxylation is 3. The molecule has 6 nitrogen and oxygen atoms in total. The van der Waals surface area contributed by atoms with Gasteiger partial charge in [0.25, 0.3) is 5.56 Å². The van der Waals surface area contributed by atoms with Gasteiger partial charge in [0, 0.05) is 37.9 Å². The van der Waals surface area contributed by atoms with E-state index in [1.54, 1.807) is 34.1 Å². The van der Waals surface area contributed by atoms with E-state index in [2.05, 4.69) is 9.97 Å². The minimum Gasteiger partial charge on any atom is -0.338 e. The number of benzene rings is 1. The van der Waals surface area contributed by atoms with Gasteiger partial charge < -0.3 is 9.13 Å². The number of fused-ring (bicyclic) bond motifs is 3. The van der Waals surface area contributed by atoms with Crippen LogP contribution in [-0.2, 0) is 20.1 Å². The summed E-state index contributed by atoms with van der Waals surface area (Å²) >= 11 is 0. The van der Waals surface area contributed by atoms with Crippen molar-refractivity contribution in [3.05, 3.63) is 59.4 Å². The Hall–Kier alpha value is -2.96. The zero-order valence-electron chi connectivity index (χ0n) is 13.2. The molecule has 0 atom stereocenters.